The van der Waals surface area contributed by atoms with E-state index in [0.717, 1.165) is 35.1 Å². The molecule has 0 atom stereocenters. The van der Waals surface area contributed by atoms with Crippen molar-refractivity contribution in [3.8, 4) is 0 Å². The van der Waals surface area contributed by atoms with Crippen molar-refractivity contribution in [1.82, 2.24) is 15.1 Å². The van der Waals surface area contributed by atoms with Crippen LogP contribution in [0.2, 0.25) is 0 Å². The molecule has 2 heterocycles. The number of thioether (sulfide) groups is 1. The van der Waals surface area contributed by atoms with Gasteiger partial charge in [-0.1, -0.05) is 29.2 Å². The van der Waals surface area contributed by atoms with Crippen LogP contribution in [0, 0.1) is 0 Å². The van der Waals surface area contributed by atoms with Crippen molar-refractivity contribution in [2.45, 2.75) is 36.6 Å². The van der Waals surface area contributed by atoms with Gasteiger partial charge in [-0.05, 0) is 37.8 Å². The molecule has 0 radical (unpaired) electrons. The molecule has 0 aliphatic heterocycles. The number of carbonyl (C=O) groups is 1. The Hall–Kier alpha value is -1.60. The summed E-state index contributed by atoms with van der Waals surface area (Å²) >= 11 is 2.89. The minimum absolute atomic E-state index is 0.0877. The predicted octanol–water partition coefficient (Wildman–Crippen LogP) is 3.71. The van der Waals surface area contributed by atoms with Crippen LogP contribution in [0.1, 0.15) is 31.4 Å². The van der Waals surface area contributed by atoms with Crippen molar-refractivity contribution in [3.63, 3.8) is 0 Å². The van der Waals surface area contributed by atoms with Crippen LogP contribution in [0.25, 0.3) is 0 Å². The molecule has 0 spiro atoms. The maximum Gasteiger partial charge on any atom is 0.237 e. The molecule has 2 aromatic rings. The zero-order valence-corrected chi connectivity index (χ0v) is 13.7. The summed E-state index contributed by atoms with van der Waals surface area (Å²) in [4.78, 5) is 14.5. The highest BCUT2D eigenvalue weighted by Crippen LogP contribution is 2.25. The summed E-state index contributed by atoms with van der Waals surface area (Å²) in [7, 11) is 0. The number of rotatable bonds is 6. The topological polar surface area (TPSA) is 59.2 Å². The minimum Gasteiger partial charge on any atom is -0.467 e. The lowest BCUT2D eigenvalue weighted by molar-refractivity contribution is -0.127. The molecule has 0 N–H and O–H groups in total. The van der Waals surface area contributed by atoms with E-state index in [2.05, 4.69) is 16.3 Å². The number of furan rings is 1. The van der Waals surface area contributed by atoms with Crippen LogP contribution in [0.3, 0.4) is 0 Å². The van der Waals surface area contributed by atoms with E-state index in [1.54, 1.807) is 11.8 Å². The molecule has 0 bridgehead atoms. The summed E-state index contributed by atoms with van der Waals surface area (Å²) in [5, 5.41) is 7.76. The van der Waals surface area contributed by atoms with Gasteiger partial charge in [-0.25, -0.2) is 0 Å². The normalized spacial score (nSPS) is 14.6. The summed E-state index contributed by atoms with van der Waals surface area (Å²) in [5.41, 5.74) is 2.79. The smallest absolute Gasteiger partial charge is 0.237 e. The maximum atomic E-state index is 12.6. The summed E-state index contributed by atoms with van der Waals surface area (Å²) in [6.07, 6.45) is 8.16. The fourth-order valence-corrected chi connectivity index (χ4v) is 3.77. The van der Waals surface area contributed by atoms with E-state index in [1.165, 1.54) is 29.5 Å². The van der Waals surface area contributed by atoms with Crippen LogP contribution < -0.4 is 0 Å². The number of allylic oxidation sites excluding steroid dienone is 2. The van der Waals surface area contributed by atoms with Gasteiger partial charge in [0, 0.05) is 5.70 Å². The first-order chi connectivity index (χ1) is 10.8. The minimum atomic E-state index is 0.0877. The molecule has 5 nitrogen and oxygen atoms in total. The Morgan fingerprint density at radius 3 is 3.09 bits per heavy atom. The lowest BCUT2D eigenvalue weighted by Crippen LogP contribution is -2.32. The van der Waals surface area contributed by atoms with Crippen molar-refractivity contribution in [2.75, 3.05) is 5.75 Å². The first kappa shape index (κ1) is 15.3. The molecular weight excluding hydrogens is 318 g/mol. The van der Waals surface area contributed by atoms with Gasteiger partial charge in [0.2, 0.25) is 5.91 Å². The molecule has 0 aromatic carbocycles. The predicted molar refractivity (Wildman–Crippen MR) is 86.4 cm³/mol. The molecule has 3 rings (SSSR count). The Bertz CT molecular complexity index is 623. The van der Waals surface area contributed by atoms with E-state index in [9.17, 15) is 4.79 Å². The fourth-order valence-electron chi connectivity index (χ4n) is 2.40. The zero-order valence-electron chi connectivity index (χ0n) is 12.1. The second-order valence-corrected chi connectivity index (χ2v) is 7.05. The molecular formula is C15H17N3O2S2. The van der Waals surface area contributed by atoms with Gasteiger partial charge in [0.1, 0.15) is 11.3 Å². The van der Waals surface area contributed by atoms with Crippen molar-refractivity contribution in [2.24, 2.45) is 0 Å². The molecule has 0 fully saturated rings. The Morgan fingerprint density at radius 2 is 2.41 bits per heavy atom. The highest BCUT2D eigenvalue weighted by molar-refractivity contribution is 8.01. The van der Waals surface area contributed by atoms with Crippen molar-refractivity contribution in [1.29, 1.82) is 0 Å². The lowest BCUT2D eigenvalue weighted by atomic mass is 10.0. The van der Waals surface area contributed by atoms with E-state index >= 15 is 0 Å². The third kappa shape index (κ3) is 3.98. The van der Waals surface area contributed by atoms with E-state index in [0.29, 0.717) is 12.3 Å². The second-order valence-electron chi connectivity index (χ2n) is 4.99. The van der Waals surface area contributed by atoms with Gasteiger partial charge in [0.15, 0.2) is 4.34 Å². The largest absolute Gasteiger partial charge is 0.467 e. The van der Waals surface area contributed by atoms with Crippen molar-refractivity contribution >= 4 is 29.0 Å². The molecule has 1 aliphatic carbocycles. The SMILES string of the molecule is O=C(CSc1nncs1)N(Cc1ccco1)C1=CCCCC1. The number of aromatic nitrogens is 2. The van der Waals surface area contributed by atoms with Gasteiger partial charge in [-0.2, -0.15) is 0 Å². The number of hydrogen-bond donors (Lipinski definition) is 0. The molecule has 116 valence electrons. The number of nitrogens with zero attached hydrogens (tertiary/aromatic N) is 3. The number of carbonyl (C=O) groups excluding carboxylic acids is 1. The third-order valence-corrected chi connectivity index (χ3v) is 5.31. The van der Waals surface area contributed by atoms with Gasteiger partial charge in [-0.3, -0.25) is 4.79 Å². The fraction of sp³-hybridized carbons (Fsp3) is 0.400. The van der Waals surface area contributed by atoms with Crippen LogP contribution in [0.4, 0.5) is 0 Å². The molecule has 22 heavy (non-hydrogen) atoms. The van der Waals surface area contributed by atoms with Gasteiger partial charge in [0.05, 0.1) is 18.6 Å². The molecule has 0 saturated heterocycles. The Labute approximate surface area is 137 Å². The summed E-state index contributed by atoms with van der Waals surface area (Å²) < 4.78 is 6.23. The van der Waals surface area contributed by atoms with E-state index in [-0.39, 0.29) is 5.91 Å². The average molecular weight is 335 g/mol. The second kappa shape index (κ2) is 7.60. The van der Waals surface area contributed by atoms with Crippen LogP contribution in [-0.2, 0) is 11.3 Å². The zero-order chi connectivity index (χ0) is 15.2. The summed E-state index contributed by atoms with van der Waals surface area (Å²) in [6.45, 7) is 0.494. The quantitative estimate of drug-likeness (QED) is 0.753. The first-order valence-corrected chi connectivity index (χ1v) is 9.10. The molecule has 7 heteroatoms. The molecule has 2 aromatic heterocycles. The standard InChI is InChI=1S/C15H17N3O2S2/c19-14(10-21-15-17-16-11-22-15)18(9-13-7-4-8-20-13)12-5-2-1-3-6-12/h4-5,7-8,11H,1-3,6,9-10H2. The summed E-state index contributed by atoms with van der Waals surface area (Å²) in [5.74, 6) is 1.26. The molecule has 1 aliphatic rings. The maximum absolute atomic E-state index is 12.6. The van der Waals surface area contributed by atoms with Crippen LogP contribution in [0.5, 0.6) is 0 Å². The lowest BCUT2D eigenvalue weighted by Gasteiger charge is -2.26. The molecule has 0 saturated carbocycles. The van der Waals surface area contributed by atoms with Crippen LogP contribution in [-0.4, -0.2) is 26.8 Å². The Morgan fingerprint density at radius 1 is 1.45 bits per heavy atom. The van der Waals surface area contributed by atoms with Gasteiger partial charge in [0.25, 0.3) is 0 Å². The average Bonchev–Trinajstić information content (AvgIpc) is 3.24. The van der Waals surface area contributed by atoms with Gasteiger partial charge in [-0.15, -0.1) is 10.2 Å². The van der Waals surface area contributed by atoms with Crippen molar-refractivity contribution in [3.05, 3.63) is 41.4 Å². The van der Waals surface area contributed by atoms with E-state index in [4.69, 9.17) is 4.42 Å². The van der Waals surface area contributed by atoms with Gasteiger partial charge >= 0.3 is 0 Å². The van der Waals surface area contributed by atoms with E-state index in [1.807, 2.05) is 17.0 Å². The third-order valence-electron chi connectivity index (χ3n) is 3.47. The van der Waals surface area contributed by atoms with Crippen molar-refractivity contribution < 1.29 is 9.21 Å². The first-order valence-electron chi connectivity index (χ1n) is 7.23. The Balaban J connectivity index is 1.69. The number of hydrogen-bond acceptors (Lipinski definition) is 6. The van der Waals surface area contributed by atoms with Crippen LogP contribution >= 0.6 is 23.1 Å². The number of amides is 1. The van der Waals surface area contributed by atoms with E-state index < -0.39 is 0 Å². The highest BCUT2D eigenvalue weighted by Gasteiger charge is 2.21. The summed E-state index contributed by atoms with van der Waals surface area (Å²) in [6, 6.07) is 3.75. The molecule has 0 unspecified atom stereocenters. The van der Waals surface area contributed by atoms with Crippen LogP contribution in [0.15, 0.2) is 44.4 Å². The highest BCUT2D eigenvalue weighted by atomic mass is 32.2. The molecule has 1 amide bonds. The van der Waals surface area contributed by atoms with Gasteiger partial charge < -0.3 is 9.32 Å². The monoisotopic (exact) mass is 335 g/mol. The Kier molecular flexibility index (Phi) is 5.29.